The summed E-state index contributed by atoms with van der Waals surface area (Å²) in [5.74, 6) is 1.20. The molecule has 2 aliphatic rings. The Balaban J connectivity index is 1.97. The second kappa shape index (κ2) is 3.69. The van der Waals surface area contributed by atoms with Gasteiger partial charge in [0.25, 0.3) is 0 Å². The number of fused-ring (bicyclic) bond motifs is 2. The predicted octanol–water partition coefficient (Wildman–Crippen LogP) is 4.33. The van der Waals surface area contributed by atoms with Crippen LogP contribution in [-0.4, -0.2) is 5.78 Å². The van der Waals surface area contributed by atoms with Gasteiger partial charge in [0.05, 0.1) is 0 Å². The Labute approximate surface area is 110 Å². The van der Waals surface area contributed by atoms with Gasteiger partial charge in [-0.2, -0.15) is 0 Å². The molecule has 1 aromatic carbocycles. The largest absolute Gasteiger partial charge is 0.294 e. The lowest BCUT2D eigenvalue weighted by atomic mass is 9.60. The van der Waals surface area contributed by atoms with E-state index < -0.39 is 0 Å². The monoisotopic (exact) mass is 242 g/mol. The molecule has 2 aliphatic carbocycles. The second-order valence-corrected chi connectivity index (χ2v) is 6.99. The molecule has 3 rings (SSSR count). The number of hydrogen-bond acceptors (Lipinski definition) is 1. The molecular weight excluding hydrogens is 220 g/mol. The zero-order chi connectivity index (χ0) is 13.0. The van der Waals surface area contributed by atoms with Crippen molar-refractivity contribution in [1.29, 1.82) is 0 Å². The molecule has 1 nitrogen and oxygen atoms in total. The van der Waals surface area contributed by atoms with Crippen molar-refractivity contribution in [3.05, 3.63) is 35.9 Å². The van der Waals surface area contributed by atoms with E-state index in [0.29, 0.717) is 17.1 Å². The van der Waals surface area contributed by atoms with E-state index in [1.54, 1.807) is 0 Å². The van der Waals surface area contributed by atoms with E-state index in [2.05, 4.69) is 20.8 Å². The van der Waals surface area contributed by atoms with Crippen molar-refractivity contribution in [1.82, 2.24) is 0 Å². The molecule has 2 fully saturated rings. The molecule has 2 bridgehead atoms. The van der Waals surface area contributed by atoms with Gasteiger partial charge in [0.1, 0.15) is 0 Å². The van der Waals surface area contributed by atoms with Crippen molar-refractivity contribution in [2.24, 2.45) is 22.7 Å². The lowest BCUT2D eigenvalue weighted by Gasteiger charge is -2.44. The normalized spacial score (nSPS) is 36.8. The van der Waals surface area contributed by atoms with Crippen LogP contribution in [0.3, 0.4) is 0 Å². The van der Waals surface area contributed by atoms with E-state index in [1.807, 2.05) is 30.3 Å². The van der Waals surface area contributed by atoms with Crippen LogP contribution in [0.2, 0.25) is 0 Å². The van der Waals surface area contributed by atoms with Gasteiger partial charge >= 0.3 is 0 Å². The summed E-state index contributed by atoms with van der Waals surface area (Å²) in [4.78, 5) is 12.8. The molecule has 18 heavy (non-hydrogen) atoms. The maximum absolute atomic E-state index is 12.8. The Morgan fingerprint density at radius 3 is 2.39 bits per heavy atom. The van der Waals surface area contributed by atoms with Gasteiger partial charge in [0.2, 0.25) is 0 Å². The van der Waals surface area contributed by atoms with E-state index in [-0.39, 0.29) is 11.3 Å². The zero-order valence-electron chi connectivity index (χ0n) is 11.6. The first-order valence-corrected chi connectivity index (χ1v) is 7.05. The summed E-state index contributed by atoms with van der Waals surface area (Å²) >= 11 is 0. The minimum atomic E-state index is 0.142. The number of hydrogen-bond donors (Lipinski definition) is 0. The van der Waals surface area contributed by atoms with Crippen LogP contribution in [0.25, 0.3) is 0 Å². The number of benzene rings is 1. The first-order chi connectivity index (χ1) is 8.46. The summed E-state index contributed by atoms with van der Waals surface area (Å²) in [7, 11) is 0. The van der Waals surface area contributed by atoms with Crippen molar-refractivity contribution in [3.8, 4) is 0 Å². The van der Waals surface area contributed by atoms with Crippen molar-refractivity contribution >= 4 is 5.78 Å². The maximum atomic E-state index is 12.8. The highest BCUT2D eigenvalue weighted by molar-refractivity contribution is 5.98. The maximum Gasteiger partial charge on any atom is 0.166 e. The van der Waals surface area contributed by atoms with Gasteiger partial charge in [0.15, 0.2) is 5.78 Å². The van der Waals surface area contributed by atoms with Gasteiger partial charge in [-0.3, -0.25) is 4.79 Å². The number of carbonyl (C=O) groups is 1. The Bertz CT molecular complexity index is 474. The first kappa shape index (κ1) is 12.0. The van der Waals surface area contributed by atoms with Crippen molar-refractivity contribution in [2.75, 3.05) is 0 Å². The van der Waals surface area contributed by atoms with Gasteiger partial charge in [-0.05, 0) is 36.0 Å². The van der Waals surface area contributed by atoms with Crippen LogP contribution >= 0.6 is 0 Å². The minimum absolute atomic E-state index is 0.142. The van der Waals surface area contributed by atoms with E-state index in [0.717, 1.165) is 5.56 Å². The number of Topliss-reactive ketones (excluding diaryl/α,β-unsaturated/α-hetero) is 1. The fourth-order valence-corrected chi connectivity index (χ4v) is 4.44. The molecule has 1 heteroatoms. The lowest BCUT2D eigenvalue weighted by Crippen LogP contribution is -2.41. The van der Waals surface area contributed by atoms with Gasteiger partial charge < -0.3 is 0 Å². The highest BCUT2D eigenvalue weighted by atomic mass is 16.1. The summed E-state index contributed by atoms with van der Waals surface area (Å²) in [6.45, 7) is 6.99. The predicted molar refractivity (Wildman–Crippen MR) is 73.5 cm³/mol. The van der Waals surface area contributed by atoms with Gasteiger partial charge in [-0.25, -0.2) is 0 Å². The van der Waals surface area contributed by atoms with Crippen molar-refractivity contribution in [2.45, 2.75) is 40.0 Å². The zero-order valence-corrected chi connectivity index (χ0v) is 11.6. The van der Waals surface area contributed by atoms with E-state index in [9.17, 15) is 4.79 Å². The fourth-order valence-electron chi connectivity index (χ4n) is 4.44. The third-order valence-electron chi connectivity index (χ3n) is 5.92. The number of rotatable bonds is 2. The topological polar surface area (TPSA) is 17.1 Å². The molecule has 3 atom stereocenters. The quantitative estimate of drug-likeness (QED) is 0.705. The highest BCUT2D eigenvalue weighted by Gasteiger charge is 2.61. The van der Waals surface area contributed by atoms with E-state index in [4.69, 9.17) is 0 Å². The molecule has 0 spiro atoms. The molecule has 0 heterocycles. The molecule has 96 valence electrons. The molecule has 0 aromatic heterocycles. The summed E-state index contributed by atoms with van der Waals surface area (Å²) < 4.78 is 0. The highest BCUT2D eigenvalue weighted by Crippen LogP contribution is 2.67. The summed E-state index contributed by atoms with van der Waals surface area (Å²) in [6.07, 6.45) is 3.77. The van der Waals surface area contributed by atoms with Crippen LogP contribution in [0.5, 0.6) is 0 Å². The van der Waals surface area contributed by atoms with Crippen LogP contribution in [0, 0.1) is 22.7 Å². The second-order valence-electron chi connectivity index (χ2n) is 6.99. The Kier molecular flexibility index (Phi) is 2.45. The minimum Gasteiger partial charge on any atom is -0.294 e. The van der Waals surface area contributed by atoms with Crippen molar-refractivity contribution < 1.29 is 4.79 Å². The average Bonchev–Trinajstić information content (AvgIpc) is 2.81. The SMILES string of the molecule is CC12CCC(C1)C(C(=O)c1ccccc1)C2(C)C. The molecule has 0 saturated heterocycles. The molecular formula is C17H22O. The Morgan fingerprint density at radius 1 is 1.17 bits per heavy atom. The molecule has 1 aromatic rings. The van der Waals surface area contributed by atoms with Crippen LogP contribution in [0.4, 0.5) is 0 Å². The summed E-state index contributed by atoms with van der Waals surface area (Å²) in [5.41, 5.74) is 1.40. The Hall–Kier alpha value is -1.11. The van der Waals surface area contributed by atoms with E-state index in [1.165, 1.54) is 19.3 Å². The molecule has 0 amide bonds. The first-order valence-electron chi connectivity index (χ1n) is 7.05. The molecule has 3 unspecified atom stereocenters. The van der Waals surface area contributed by atoms with Crippen LogP contribution in [0.15, 0.2) is 30.3 Å². The van der Waals surface area contributed by atoms with E-state index >= 15 is 0 Å². The lowest BCUT2D eigenvalue weighted by molar-refractivity contribution is 0.0412. The van der Waals surface area contributed by atoms with Gasteiger partial charge in [-0.15, -0.1) is 0 Å². The average molecular weight is 242 g/mol. The molecule has 2 saturated carbocycles. The summed E-state index contributed by atoms with van der Waals surface area (Å²) in [6, 6.07) is 9.84. The van der Waals surface area contributed by atoms with Gasteiger partial charge in [-0.1, -0.05) is 51.1 Å². The molecule has 0 aliphatic heterocycles. The third-order valence-corrected chi connectivity index (χ3v) is 5.92. The number of ketones is 1. The smallest absolute Gasteiger partial charge is 0.166 e. The molecule has 0 radical (unpaired) electrons. The number of carbonyl (C=O) groups excluding carboxylic acids is 1. The summed E-state index contributed by atoms with van der Waals surface area (Å²) in [5, 5.41) is 0. The van der Waals surface area contributed by atoms with Gasteiger partial charge in [0, 0.05) is 11.5 Å². The fraction of sp³-hybridized carbons (Fsp3) is 0.588. The Morgan fingerprint density at radius 2 is 1.83 bits per heavy atom. The van der Waals surface area contributed by atoms with Crippen LogP contribution in [0.1, 0.15) is 50.4 Å². The molecule has 0 N–H and O–H groups in total. The third kappa shape index (κ3) is 1.43. The van der Waals surface area contributed by atoms with Crippen LogP contribution < -0.4 is 0 Å². The van der Waals surface area contributed by atoms with Crippen LogP contribution in [-0.2, 0) is 0 Å². The standard InChI is InChI=1S/C17H22O/c1-16(2)14(13-9-10-17(16,3)11-13)15(18)12-7-5-4-6-8-12/h4-8,13-14H,9-11H2,1-3H3. The van der Waals surface area contributed by atoms with Crippen molar-refractivity contribution in [3.63, 3.8) is 0 Å².